The number of hydrogen-bond acceptors (Lipinski definition) is 7. The predicted molar refractivity (Wildman–Crippen MR) is 118 cm³/mol. The number of nitrogens with two attached hydrogens (primary N) is 1. The second-order valence-corrected chi connectivity index (χ2v) is 7.79. The van der Waals surface area contributed by atoms with Crippen LogP contribution in [0.3, 0.4) is 0 Å². The van der Waals surface area contributed by atoms with E-state index in [4.69, 9.17) is 10.6 Å². The molecule has 0 fully saturated rings. The van der Waals surface area contributed by atoms with Gasteiger partial charge in [-0.1, -0.05) is 30.0 Å². The molecule has 3 rings (SSSR count). The molecule has 1 aromatic heterocycles. The number of aryl methyl sites for hydroxylation is 2. The highest BCUT2D eigenvalue weighted by Gasteiger charge is 2.13. The number of nitrogen functional groups attached to an aromatic ring is 1. The van der Waals surface area contributed by atoms with E-state index in [-0.39, 0.29) is 22.5 Å². The molecule has 3 aromatic rings. The molecule has 9 heteroatoms. The summed E-state index contributed by atoms with van der Waals surface area (Å²) in [6.07, 6.45) is 0.297. The van der Waals surface area contributed by atoms with Gasteiger partial charge in [-0.3, -0.25) is 9.59 Å². The maximum absolute atomic E-state index is 12.5. The lowest BCUT2D eigenvalue weighted by molar-refractivity contribution is -0.113. The van der Waals surface area contributed by atoms with Crippen molar-refractivity contribution in [1.82, 2.24) is 14.9 Å². The Bertz CT molecular complexity index is 1090. The van der Waals surface area contributed by atoms with Gasteiger partial charge in [0.25, 0.3) is 5.56 Å². The Balaban J connectivity index is 1.64. The molecule has 8 nitrogen and oxygen atoms in total. The largest absolute Gasteiger partial charge is 0.497 e. The molecule has 0 aliphatic heterocycles. The first-order valence-electron chi connectivity index (χ1n) is 9.23. The summed E-state index contributed by atoms with van der Waals surface area (Å²) in [6, 6.07) is 13.1. The van der Waals surface area contributed by atoms with Crippen LogP contribution in [0.4, 0.5) is 5.69 Å². The number of benzene rings is 2. The van der Waals surface area contributed by atoms with E-state index < -0.39 is 5.56 Å². The molecular formula is C21H23N5O3S. The molecule has 0 saturated heterocycles. The number of carbonyl (C=O) groups excluding carboxylic acids is 1. The zero-order chi connectivity index (χ0) is 21.7. The third-order valence-electron chi connectivity index (χ3n) is 4.30. The van der Waals surface area contributed by atoms with E-state index in [9.17, 15) is 9.59 Å². The molecule has 2 aromatic carbocycles. The van der Waals surface area contributed by atoms with E-state index >= 15 is 0 Å². The lowest BCUT2D eigenvalue weighted by atomic mass is 10.1. The highest BCUT2D eigenvalue weighted by atomic mass is 32.2. The van der Waals surface area contributed by atoms with E-state index in [1.807, 2.05) is 56.3 Å². The van der Waals surface area contributed by atoms with Crippen molar-refractivity contribution in [1.29, 1.82) is 0 Å². The quantitative estimate of drug-likeness (QED) is 0.441. The SMILES string of the molecule is COc1ccc(Cc2nnc(SCC(=O)Nc3cc(C)cc(C)c3)n(N)c2=O)cc1. The first kappa shape index (κ1) is 21.4. The van der Waals surface area contributed by atoms with Crippen molar-refractivity contribution in [3.63, 3.8) is 0 Å². The van der Waals surface area contributed by atoms with Gasteiger partial charge in [0, 0.05) is 12.1 Å². The number of anilines is 1. The third-order valence-corrected chi connectivity index (χ3v) is 5.24. The molecule has 1 heterocycles. The Morgan fingerprint density at radius 3 is 2.43 bits per heavy atom. The van der Waals surface area contributed by atoms with Crippen LogP contribution in [-0.4, -0.2) is 33.6 Å². The molecular weight excluding hydrogens is 402 g/mol. The van der Waals surface area contributed by atoms with Crippen molar-refractivity contribution in [2.45, 2.75) is 25.4 Å². The Hall–Kier alpha value is -3.33. The summed E-state index contributed by atoms with van der Waals surface area (Å²) in [5.41, 5.74) is 3.52. The second kappa shape index (κ2) is 9.45. The van der Waals surface area contributed by atoms with E-state index in [0.717, 1.165) is 44.6 Å². The number of nitrogens with one attached hydrogen (secondary N) is 1. The molecule has 0 aliphatic rings. The third kappa shape index (κ3) is 5.38. The molecule has 3 N–H and O–H groups in total. The summed E-state index contributed by atoms with van der Waals surface area (Å²) in [5.74, 6) is 6.45. The van der Waals surface area contributed by atoms with Gasteiger partial charge in [-0.2, -0.15) is 4.68 Å². The minimum Gasteiger partial charge on any atom is -0.497 e. The number of amides is 1. The van der Waals surface area contributed by atoms with Crippen molar-refractivity contribution in [2.24, 2.45) is 0 Å². The number of thioether (sulfide) groups is 1. The first-order valence-corrected chi connectivity index (χ1v) is 10.2. The molecule has 0 aliphatic carbocycles. The van der Waals surface area contributed by atoms with Gasteiger partial charge >= 0.3 is 0 Å². The Morgan fingerprint density at radius 1 is 1.13 bits per heavy atom. The molecule has 0 bridgehead atoms. The fraction of sp³-hybridized carbons (Fsp3) is 0.238. The predicted octanol–water partition coefficient (Wildman–Crippen LogP) is 2.30. The number of hydrogen-bond donors (Lipinski definition) is 2. The second-order valence-electron chi connectivity index (χ2n) is 6.84. The lowest BCUT2D eigenvalue weighted by Crippen LogP contribution is -2.34. The van der Waals surface area contributed by atoms with Crippen LogP contribution in [0.1, 0.15) is 22.4 Å². The van der Waals surface area contributed by atoms with Crippen molar-refractivity contribution in [3.05, 3.63) is 75.2 Å². The van der Waals surface area contributed by atoms with Gasteiger partial charge in [0.1, 0.15) is 11.4 Å². The monoisotopic (exact) mass is 425 g/mol. The van der Waals surface area contributed by atoms with Crippen LogP contribution in [0.25, 0.3) is 0 Å². The zero-order valence-electron chi connectivity index (χ0n) is 17.0. The van der Waals surface area contributed by atoms with Gasteiger partial charge in [0.2, 0.25) is 11.1 Å². The molecule has 0 saturated carbocycles. The van der Waals surface area contributed by atoms with E-state index in [0.29, 0.717) is 6.42 Å². The molecule has 0 spiro atoms. The Kier molecular flexibility index (Phi) is 6.73. The van der Waals surface area contributed by atoms with E-state index in [1.54, 1.807) is 7.11 Å². The average molecular weight is 426 g/mol. The van der Waals surface area contributed by atoms with Crippen LogP contribution in [0.15, 0.2) is 52.4 Å². The van der Waals surface area contributed by atoms with Crippen molar-refractivity contribution in [3.8, 4) is 5.75 Å². The molecule has 0 unspecified atom stereocenters. The first-order chi connectivity index (χ1) is 14.4. The summed E-state index contributed by atoms with van der Waals surface area (Å²) in [7, 11) is 1.59. The Morgan fingerprint density at radius 2 is 1.80 bits per heavy atom. The van der Waals surface area contributed by atoms with Crippen LogP contribution in [-0.2, 0) is 11.2 Å². The van der Waals surface area contributed by atoms with Gasteiger partial charge in [0.15, 0.2) is 0 Å². The fourth-order valence-electron chi connectivity index (χ4n) is 2.94. The molecule has 1 amide bonds. The lowest BCUT2D eigenvalue weighted by Gasteiger charge is -2.09. The van der Waals surface area contributed by atoms with Crippen LogP contribution >= 0.6 is 11.8 Å². The average Bonchev–Trinajstić information content (AvgIpc) is 2.70. The summed E-state index contributed by atoms with van der Waals surface area (Å²) in [5, 5.41) is 11.0. The van der Waals surface area contributed by atoms with E-state index in [1.165, 1.54) is 0 Å². The fourth-order valence-corrected chi connectivity index (χ4v) is 3.59. The number of nitrogens with zero attached hydrogens (tertiary/aromatic N) is 3. The number of ether oxygens (including phenoxy) is 1. The minimum atomic E-state index is -0.446. The van der Waals surface area contributed by atoms with Crippen LogP contribution in [0, 0.1) is 13.8 Å². The summed E-state index contributed by atoms with van der Waals surface area (Å²) in [4.78, 5) is 24.8. The summed E-state index contributed by atoms with van der Waals surface area (Å²) < 4.78 is 6.06. The minimum absolute atomic E-state index is 0.0517. The van der Waals surface area contributed by atoms with Crippen molar-refractivity contribution >= 4 is 23.4 Å². The van der Waals surface area contributed by atoms with Gasteiger partial charge in [-0.05, 0) is 54.8 Å². The molecule has 0 radical (unpaired) electrons. The van der Waals surface area contributed by atoms with Gasteiger partial charge in [-0.15, -0.1) is 10.2 Å². The molecule has 156 valence electrons. The number of rotatable bonds is 7. The van der Waals surface area contributed by atoms with Gasteiger partial charge in [0.05, 0.1) is 12.9 Å². The van der Waals surface area contributed by atoms with Crippen LogP contribution < -0.4 is 21.5 Å². The van der Waals surface area contributed by atoms with Crippen LogP contribution in [0.5, 0.6) is 5.75 Å². The number of aromatic nitrogens is 3. The smallest absolute Gasteiger partial charge is 0.294 e. The number of methoxy groups -OCH3 is 1. The highest BCUT2D eigenvalue weighted by Crippen LogP contribution is 2.17. The van der Waals surface area contributed by atoms with E-state index in [2.05, 4.69) is 15.5 Å². The topological polar surface area (TPSA) is 112 Å². The summed E-state index contributed by atoms with van der Waals surface area (Å²) in [6.45, 7) is 3.93. The Labute approximate surface area is 178 Å². The number of carbonyl (C=O) groups is 1. The van der Waals surface area contributed by atoms with Gasteiger partial charge in [-0.25, -0.2) is 0 Å². The maximum atomic E-state index is 12.5. The maximum Gasteiger partial charge on any atom is 0.294 e. The normalized spacial score (nSPS) is 10.6. The summed E-state index contributed by atoms with van der Waals surface area (Å²) >= 11 is 1.05. The standard InChI is InChI=1S/C21H23N5O3S/c1-13-8-14(2)10-16(9-13)23-19(27)12-30-21-25-24-18(20(28)26(21)22)11-15-4-6-17(29-3)7-5-15/h4-10H,11-12,22H2,1-3H3,(H,23,27). The zero-order valence-corrected chi connectivity index (χ0v) is 17.8. The molecule has 0 atom stereocenters. The van der Waals surface area contributed by atoms with Crippen molar-refractivity contribution < 1.29 is 9.53 Å². The van der Waals surface area contributed by atoms with Crippen LogP contribution in [0.2, 0.25) is 0 Å². The van der Waals surface area contributed by atoms with Crippen molar-refractivity contribution in [2.75, 3.05) is 24.0 Å². The highest BCUT2D eigenvalue weighted by molar-refractivity contribution is 7.99. The molecule has 30 heavy (non-hydrogen) atoms. The van der Waals surface area contributed by atoms with Gasteiger partial charge < -0.3 is 15.9 Å².